The summed E-state index contributed by atoms with van der Waals surface area (Å²) >= 11 is 12.0. The molecule has 0 spiro atoms. The van der Waals surface area contributed by atoms with E-state index in [1.807, 2.05) is 0 Å². The van der Waals surface area contributed by atoms with E-state index in [-0.39, 0.29) is 6.61 Å². The van der Waals surface area contributed by atoms with Gasteiger partial charge in [-0.3, -0.25) is 0 Å². The van der Waals surface area contributed by atoms with Crippen LogP contribution < -0.4 is 5.32 Å². The number of rotatable bonds is 4. The van der Waals surface area contributed by atoms with Gasteiger partial charge < -0.3 is 14.8 Å². The topological polar surface area (TPSA) is 45.4 Å². The lowest BCUT2D eigenvalue weighted by Crippen LogP contribution is -1.99. The summed E-state index contributed by atoms with van der Waals surface area (Å²) in [4.78, 5) is 0. The maximum absolute atomic E-state index is 8.87. The smallest absolute Gasteiger partial charge is 0.129 e. The van der Waals surface area contributed by atoms with E-state index < -0.39 is 0 Å². The number of hydrogen-bond donors (Lipinski definition) is 2. The number of aliphatic hydroxyl groups excluding tert-OH is 1. The summed E-state index contributed by atoms with van der Waals surface area (Å²) in [5.74, 6) is 1.25. The third-order valence-corrected chi connectivity index (χ3v) is 2.91. The van der Waals surface area contributed by atoms with Crippen LogP contribution >= 0.6 is 23.2 Å². The first-order valence-corrected chi connectivity index (χ1v) is 5.82. The van der Waals surface area contributed by atoms with Crippen molar-refractivity contribution >= 4 is 28.9 Å². The van der Waals surface area contributed by atoms with E-state index >= 15 is 0 Å². The fourth-order valence-corrected chi connectivity index (χ4v) is 1.98. The SMILES string of the molecule is OCc1ccc(CNc2c(Cl)cccc2Cl)o1. The van der Waals surface area contributed by atoms with Gasteiger partial charge in [0.2, 0.25) is 0 Å². The second kappa shape index (κ2) is 5.45. The molecule has 2 aromatic rings. The van der Waals surface area contributed by atoms with Gasteiger partial charge in [-0.15, -0.1) is 0 Å². The number of furan rings is 1. The minimum absolute atomic E-state index is 0.104. The Balaban J connectivity index is 2.07. The summed E-state index contributed by atoms with van der Waals surface area (Å²) in [5, 5.41) is 13.1. The minimum atomic E-state index is -0.104. The molecule has 0 unspecified atom stereocenters. The van der Waals surface area contributed by atoms with Crippen LogP contribution in [0.1, 0.15) is 11.5 Å². The summed E-state index contributed by atoms with van der Waals surface area (Å²) in [5.41, 5.74) is 0.679. The molecule has 0 radical (unpaired) electrons. The Hall–Kier alpha value is -1.16. The predicted molar refractivity (Wildman–Crippen MR) is 68.4 cm³/mol. The molecule has 90 valence electrons. The largest absolute Gasteiger partial charge is 0.462 e. The highest BCUT2D eigenvalue weighted by Crippen LogP contribution is 2.30. The maximum atomic E-state index is 8.87. The Labute approximate surface area is 109 Å². The van der Waals surface area contributed by atoms with Gasteiger partial charge in [-0.2, -0.15) is 0 Å². The highest BCUT2D eigenvalue weighted by molar-refractivity contribution is 6.39. The normalized spacial score (nSPS) is 10.5. The van der Waals surface area contributed by atoms with Crippen LogP contribution in [-0.4, -0.2) is 5.11 Å². The fourth-order valence-electron chi connectivity index (χ4n) is 1.44. The standard InChI is InChI=1S/C12H11Cl2NO2/c13-10-2-1-3-11(14)12(10)15-6-8-4-5-9(7-16)17-8/h1-5,15-16H,6-7H2. The number of anilines is 1. The fraction of sp³-hybridized carbons (Fsp3) is 0.167. The molecule has 1 heterocycles. The van der Waals surface area contributed by atoms with Gasteiger partial charge in [-0.05, 0) is 24.3 Å². The second-order valence-corrected chi connectivity index (χ2v) is 4.29. The first kappa shape index (κ1) is 12.3. The van der Waals surface area contributed by atoms with Crippen LogP contribution in [0.3, 0.4) is 0 Å². The highest BCUT2D eigenvalue weighted by atomic mass is 35.5. The van der Waals surface area contributed by atoms with Crippen molar-refractivity contribution in [3.8, 4) is 0 Å². The van der Waals surface area contributed by atoms with E-state index in [1.165, 1.54) is 0 Å². The molecule has 3 nitrogen and oxygen atoms in total. The Morgan fingerprint density at radius 1 is 1.06 bits per heavy atom. The number of aliphatic hydroxyl groups is 1. The molecule has 0 saturated carbocycles. The van der Waals surface area contributed by atoms with Crippen LogP contribution in [0.4, 0.5) is 5.69 Å². The van der Waals surface area contributed by atoms with E-state index in [0.29, 0.717) is 33.8 Å². The summed E-state index contributed by atoms with van der Waals surface area (Å²) in [6.07, 6.45) is 0. The van der Waals surface area contributed by atoms with Crippen LogP contribution in [0.2, 0.25) is 10.0 Å². The van der Waals surface area contributed by atoms with Gasteiger partial charge in [0.1, 0.15) is 18.1 Å². The number of nitrogens with one attached hydrogen (secondary N) is 1. The third kappa shape index (κ3) is 2.94. The van der Waals surface area contributed by atoms with Gasteiger partial charge in [-0.1, -0.05) is 29.3 Å². The minimum Gasteiger partial charge on any atom is -0.462 e. The first-order chi connectivity index (χ1) is 8.20. The summed E-state index contributed by atoms with van der Waals surface area (Å²) in [7, 11) is 0. The quantitative estimate of drug-likeness (QED) is 0.892. The van der Waals surface area contributed by atoms with Gasteiger partial charge in [-0.25, -0.2) is 0 Å². The van der Waals surface area contributed by atoms with E-state index in [9.17, 15) is 0 Å². The molecule has 0 amide bonds. The molecule has 1 aromatic carbocycles. The molecule has 0 saturated heterocycles. The van der Waals surface area contributed by atoms with E-state index in [1.54, 1.807) is 30.3 Å². The van der Waals surface area contributed by atoms with Crippen molar-refractivity contribution < 1.29 is 9.52 Å². The van der Waals surface area contributed by atoms with Crippen LogP contribution in [-0.2, 0) is 13.2 Å². The lowest BCUT2D eigenvalue weighted by Gasteiger charge is -2.08. The van der Waals surface area contributed by atoms with E-state index in [2.05, 4.69) is 5.32 Å². The molecule has 0 fully saturated rings. The number of para-hydroxylation sites is 1. The zero-order valence-electron chi connectivity index (χ0n) is 8.91. The van der Waals surface area contributed by atoms with Gasteiger partial charge >= 0.3 is 0 Å². The summed E-state index contributed by atoms with van der Waals surface area (Å²) in [6.45, 7) is 0.357. The molecule has 2 N–H and O–H groups in total. The molecular weight excluding hydrogens is 261 g/mol. The Morgan fingerprint density at radius 2 is 1.71 bits per heavy atom. The molecule has 0 atom stereocenters. The number of benzene rings is 1. The average Bonchev–Trinajstić information content (AvgIpc) is 2.76. The van der Waals surface area contributed by atoms with Gasteiger partial charge in [0.25, 0.3) is 0 Å². The number of hydrogen-bond acceptors (Lipinski definition) is 3. The molecule has 0 aliphatic carbocycles. The second-order valence-electron chi connectivity index (χ2n) is 3.48. The molecule has 1 aromatic heterocycles. The Bertz CT molecular complexity index is 491. The van der Waals surface area contributed by atoms with Crippen molar-refractivity contribution in [2.75, 3.05) is 5.32 Å². The van der Waals surface area contributed by atoms with Gasteiger partial charge in [0.05, 0.1) is 22.3 Å². The van der Waals surface area contributed by atoms with Crippen LogP contribution in [0, 0.1) is 0 Å². The summed E-state index contributed by atoms with van der Waals surface area (Å²) < 4.78 is 5.34. The van der Waals surface area contributed by atoms with Crippen LogP contribution in [0.5, 0.6) is 0 Å². The predicted octanol–water partition coefficient (Wildman–Crippen LogP) is 3.69. The average molecular weight is 272 g/mol. The molecular formula is C12H11Cl2NO2. The first-order valence-electron chi connectivity index (χ1n) is 5.07. The van der Waals surface area contributed by atoms with Gasteiger partial charge in [0, 0.05) is 0 Å². The molecule has 0 bridgehead atoms. The van der Waals surface area contributed by atoms with Crippen molar-refractivity contribution in [3.63, 3.8) is 0 Å². The Morgan fingerprint density at radius 3 is 2.29 bits per heavy atom. The molecule has 0 aliphatic heterocycles. The maximum Gasteiger partial charge on any atom is 0.129 e. The molecule has 2 rings (SSSR count). The highest BCUT2D eigenvalue weighted by Gasteiger charge is 2.06. The van der Waals surface area contributed by atoms with Crippen molar-refractivity contribution in [1.29, 1.82) is 0 Å². The number of halogens is 2. The molecule has 5 heteroatoms. The molecule has 17 heavy (non-hydrogen) atoms. The van der Waals surface area contributed by atoms with Gasteiger partial charge in [0.15, 0.2) is 0 Å². The molecule has 0 aliphatic rings. The van der Waals surface area contributed by atoms with E-state index in [0.717, 1.165) is 0 Å². The zero-order chi connectivity index (χ0) is 12.3. The van der Waals surface area contributed by atoms with Crippen molar-refractivity contribution in [3.05, 3.63) is 51.9 Å². The monoisotopic (exact) mass is 271 g/mol. The van der Waals surface area contributed by atoms with Crippen LogP contribution in [0.25, 0.3) is 0 Å². The Kier molecular flexibility index (Phi) is 3.94. The van der Waals surface area contributed by atoms with Crippen molar-refractivity contribution in [2.24, 2.45) is 0 Å². The van der Waals surface area contributed by atoms with Crippen LogP contribution in [0.15, 0.2) is 34.7 Å². The van der Waals surface area contributed by atoms with Crippen molar-refractivity contribution in [1.82, 2.24) is 0 Å². The summed E-state index contributed by atoms with van der Waals surface area (Å²) in [6, 6.07) is 8.83. The lowest BCUT2D eigenvalue weighted by atomic mass is 10.3. The third-order valence-electron chi connectivity index (χ3n) is 2.28. The van der Waals surface area contributed by atoms with Crippen molar-refractivity contribution in [2.45, 2.75) is 13.2 Å². The lowest BCUT2D eigenvalue weighted by molar-refractivity contribution is 0.244. The zero-order valence-corrected chi connectivity index (χ0v) is 10.4. The van der Waals surface area contributed by atoms with E-state index in [4.69, 9.17) is 32.7 Å².